The molecule has 2 N–H and O–H groups in total. The predicted molar refractivity (Wildman–Crippen MR) is 87.9 cm³/mol. The maximum absolute atomic E-state index is 12.0. The number of nitrogens with one attached hydrogen (secondary N) is 2. The maximum Gasteiger partial charge on any atom is 0.313 e. The number of benzene rings is 1. The first-order valence-corrected chi connectivity index (χ1v) is 7.30. The first-order valence-electron chi connectivity index (χ1n) is 7.30. The number of hydrogen-bond acceptors (Lipinski definition) is 3. The van der Waals surface area contributed by atoms with Crippen molar-refractivity contribution in [2.75, 3.05) is 12.4 Å². The summed E-state index contributed by atoms with van der Waals surface area (Å²) in [6.07, 6.45) is 0.762. The van der Waals surface area contributed by atoms with Gasteiger partial charge in [0.25, 0.3) is 0 Å². The van der Waals surface area contributed by atoms with Crippen molar-refractivity contribution in [3.63, 3.8) is 0 Å². The van der Waals surface area contributed by atoms with E-state index in [0.717, 1.165) is 6.42 Å². The Balaban J connectivity index is 2.67. The molecule has 0 saturated heterocycles. The van der Waals surface area contributed by atoms with Crippen LogP contribution in [0.2, 0.25) is 0 Å². The number of amides is 2. The fraction of sp³-hybridized carbons (Fsp3) is 0.529. The van der Waals surface area contributed by atoms with E-state index in [1.807, 2.05) is 13.8 Å². The molecular formula is C17H26N2O3. The molecule has 1 aromatic carbocycles. The smallest absolute Gasteiger partial charge is 0.313 e. The van der Waals surface area contributed by atoms with E-state index in [1.165, 1.54) is 0 Å². The van der Waals surface area contributed by atoms with Crippen LogP contribution in [0.15, 0.2) is 24.3 Å². The van der Waals surface area contributed by atoms with Crippen LogP contribution in [0.1, 0.15) is 41.0 Å². The van der Waals surface area contributed by atoms with Gasteiger partial charge >= 0.3 is 11.8 Å². The van der Waals surface area contributed by atoms with Crippen molar-refractivity contribution in [1.82, 2.24) is 5.32 Å². The van der Waals surface area contributed by atoms with Gasteiger partial charge in [0.05, 0.1) is 7.11 Å². The van der Waals surface area contributed by atoms with Crippen LogP contribution in [0.25, 0.3) is 0 Å². The molecule has 1 aromatic rings. The summed E-state index contributed by atoms with van der Waals surface area (Å²) in [5.74, 6) is -0.710. The molecule has 0 bridgehead atoms. The number of carbonyl (C=O) groups is 2. The Morgan fingerprint density at radius 3 is 2.27 bits per heavy atom. The minimum absolute atomic E-state index is 0.0556. The van der Waals surface area contributed by atoms with E-state index in [-0.39, 0.29) is 5.41 Å². The van der Waals surface area contributed by atoms with E-state index in [4.69, 9.17) is 4.74 Å². The van der Waals surface area contributed by atoms with Crippen molar-refractivity contribution in [3.05, 3.63) is 24.3 Å². The Hall–Kier alpha value is -2.04. The van der Waals surface area contributed by atoms with Gasteiger partial charge in [-0.05, 0) is 37.8 Å². The van der Waals surface area contributed by atoms with Gasteiger partial charge in [0.15, 0.2) is 0 Å². The zero-order valence-electron chi connectivity index (χ0n) is 14.2. The molecule has 0 aliphatic carbocycles. The minimum atomic E-state index is -0.685. The molecule has 1 rings (SSSR count). The Morgan fingerprint density at radius 1 is 1.09 bits per heavy atom. The van der Waals surface area contributed by atoms with E-state index in [9.17, 15) is 9.59 Å². The van der Waals surface area contributed by atoms with E-state index in [2.05, 4.69) is 31.4 Å². The summed E-state index contributed by atoms with van der Waals surface area (Å²) in [6.45, 7) is 10.1. The predicted octanol–water partition coefficient (Wildman–Crippen LogP) is 2.96. The number of ether oxygens (including phenoxy) is 1. The average molecular weight is 306 g/mol. The second-order valence-electron chi connectivity index (χ2n) is 7.26. The number of anilines is 1. The lowest BCUT2D eigenvalue weighted by atomic mass is 9.82. The molecule has 0 saturated carbocycles. The fourth-order valence-electron chi connectivity index (χ4n) is 2.62. The van der Waals surface area contributed by atoms with Gasteiger partial charge in [0.2, 0.25) is 0 Å². The molecule has 0 spiro atoms. The van der Waals surface area contributed by atoms with Crippen molar-refractivity contribution in [1.29, 1.82) is 0 Å². The van der Waals surface area contributed by atoms with Crippen LogP contribution in [0.5, 0.6) is 5.75 Å². The molecule has 5 heteroatoms. The maximum atomic E-state index is 12.0. The topological polar surface area (TPSA) is 67.4 Å². The zero-order valence-corrected chi connectivity index (χ0v) is 14.2. The second kappa shape index (κ2) is 6.81. The summed E-state index contributed by atoms with van der Waals surface area (Å²) < 4.78 is 5.08. The van der Waals surface area contributed by atoms with E-state index in [1.54, 1.807) is 31.4 Å². The van der Waals surface area contributed by atoms with Gasteiger partial charge in [-0.3, -0.25) is 9.59 Å². The molecule has 0 fully saturated rings. The van der Waals surface area contributed by atoms with Gasteiger partial charge in [-0.1, -0.05) is 26.8 Å². The molecule has 22 heavy (non-hydrogen) atoms. The Morgan fingerprint density at radius 2 is 1.73 bits per heavy atom. The Labute approximate surface area is 132 Å². The van der Waals surface area contributed by atoms with Crippen LogP contribution < -0.4 is 15.4 Å². The number of methoxy groups -OCH3 is 1. The first kappa shape index (κ1) is 18.0. The number of carbonyl (C=O) groups excluding carboxylic acids is 2. The molecule has 0 aromatic heterocycles. The van der Waals surface area contributed by atoms with Gasteiger partial charge in [0, 0.05) is 17.3 Å². The quantitative estimate of drug-likeness (QED) is 0.840. The Kier molecular flexibility index (Phi) is 5.58. The third kappa shape index (κ3) is 6.16. The monoisotopic (exact) mass is 306 g/mol. The molecule has 2 amide bonds. The van der Waals surface area contributed by atoms with Gasteiger partial charge in [-0.25, -0.2) is 0 Å². The highest BCUT2D eigenvalue weighted by Crippen LogP contribution is 2.26. The van der Waals surface area contributed by atoms with Crippen molar-refractivity contribution in [2.45, 2.75) is 46.6 Å². The van der Waals surface area contributed by atoms with Crippen LogP contribution in [0.3, 0.4) is 0 Å². The van der Waals surface area contributed by atoms with E-state index in [0.29, 0.717) is 11.4 Å². The van der Waals surface area contributed by atoms with Crippen LogP contribution in [0.4, 0.5) is 5.69 Å². The molecule has 0 unspecified atom stereocenters. The summed E-state index contributed by atoms with van der Waals surface area (Å²) in [5.41, 5.74) is 0.120. The van der Waals surface area contributed by atoms with Crippen molar-refractivity contribution in [3.8, 4) is 5.75 Å². The molecule has 0 aliphatic heterocycles. The lowest BCUT2D eigenvalue weighted by Crippen LogP contribution is -2.49. The van der Waals surface area contributed by atoms with Crippen molar-refractivity contribution >= 4 is 17.5 Å². The molecule has 5 nitrogen and oxygen atoms in total. The van der Waals surface area contributed by atoms with Crippen LogP contribution in [-0.2, 0) is 9.59 Å². The van der Waals surface area contributed by atoms with Gasteiger partial charge in [-0.15, -0.1) is 0 Å². The average Bonchev–Trinajstić information content (AvgIpc) is 2.35. The van der Waals surface area contributed by atoms with Gasteiger partial charge in [-0.2, -0.15) is 0 Å². The molecule has 0 heterocycles. The summed E-state index contributed by atoms with van der Waals surface area (Å²) in [7, 11) is 1.54. The third-order valence-electron chi connectivity index (χ3n) is 2.96. The largest absolute Gasteiger partial charge is 0.497 e. The summed E-state index contributed by atoms with van der Waals surface area (Å²) >= 11 is 0. The highest BCUT2D eigenvalue weighted by Gasteiger charge is 2.29. The van der Waals surface area contributed by atoms with Gasteiger partial charge < -0.3 is 15.4 Å². The van der Waals surface area contributed by atoms with Crippen molar-refractivity contribution < 1.29 is 14.3 Å². The fourth-order valence-corrected chi connectivity index (χ4v) is 2.62. The SMILES string of the molecule is COc1cccc(NC(=O)C(=O)NC(C)(C)CC(C)(C)C)c1. The molecule has 0 atom stereocenters. The van der Waals surface area contributed by atoms with Crippen LogP contribution in [-0.4, -0.2) is 24.5 Å². The summed E-state index contributed by atoms with van der Waals surface area (Å²) in [6, 6.07) is 6.87. The number of rotatable bonds is 4. The molecular weight excluding hydrogens is 280 g/mol. The highest BCUT2D eigenvalue weighted by atomic mass is 16.5. The van der Waals surface area contributed by atoms with Gasteiger partial charge in [0.1, 0.15) is 5.75 Å². The second-order valence-corrected chi connectivity index (χ2v) is 7.26. The molecule has 0 radical (unpaired) electrons. The Bertz CT molecular complexity index is 545. The summed E-state index contributed by atoms with van der Waals surface area (Å²) in [4.78, 5) is 24.0. The van der Waals surface area contributed by atoms with Crippen LogP contribution in [0, 0.1) is 5.41 Å². The highest BCUT2D eigenvalue weighted by molar-refractivity contribution is 6.39. The lowest BCUT2D eigenvalue weighted by molar-refractivity contribution is -0.137. The first-order chi connectivity index (χ1) is 10.0. The minimum Gasteiger partial charge on any atom is -0.497 e. The lowest BCUT2D eigenvalue weighted by Gasteiger charge is -2.33. The normalized spacial score (nSPS) is 11.7. The molecule has 0 aliphatic rings. The standard InChI is InChI=1S/C17H26N2O3/c1-16(2,3)11-17(4,5)19-15(21)14(20)18-12-8-7-9-13(10-12)22-6/h7-10H,11H2,1-6H3,(H,18,20)(H,19,21). The molecule has 122 valence electrons. The summed E-state index contributed by atoms with van der Waals surface area (Å²) in [5, 5.41) is 5.35. The van der Waals surface area contributed by atoms with Crippen molar-refractivity contribution in [2.24, 2.45) is 5.41 Å². The van der Waals surface area contributed by atoms with E-state index >= 15 is 0 Å². The third-order valence-corrected chi connectivity index (χ3v) is 2.96. The zero-order chi connectivity index (χ0) is 17.0. The van der Waals surface area contributed by atoms with E-state index < -0.39 is 17.4 Å². The van der Waals surface area contributed by atoms with Crippen LogP contribution >= 0.6 is 0 Å². The number of hydrogen-bond donors (Lipinski definition) is 2.